The van der Waals surface area contributed by atoms with Crippen molar-refractivity contribution in [3.63, 3.8) is 0 Å². The molecule has 2 atom stereocenters. The highest BCUT2D eigenvalue weighted by atomic mass is 35.5. The molecular formula is C18H24ClN3OS. The van der Waals surface area contributed by atoms with Gasteiger partial charge in [-0.1, -0.05) is 30.2 Å². The number of rotatable bonds is 4. The van der Waals surface area contributed by atoms with E-state index in [4.69, 9.17) is 5.73 Å². The van der Waals surface area contributed by atoms with Crippen molar-refractivity contribution in [2.45, 2.75) is 45.6 Å². The maximum Gasteiger partial charge on any atom is 0.226 e. The molecule has 3 N–H and O–H groups in total. The summed E-state index contributed by atoms with van der Waals surface area (Å²) in [5, 5.41) is 5.58. The zero-order valence-corrected chi connectivity index (χ0v) is 15.7. The molecule has 0 unspecified atom stereocenters. The van der Waals surface area contributed by atoms with Crippen molar-refractivity contribution in [1.82, 2.24) is 4.98 Å². The summed E-state index contributed by atoms with van der Waals surface area (Å²) in [6.45, 7) is 4.17. The average molecular weight is 366 g/mol. The van der Waals surface area contributed by atoms with E-state index in [1.807, 2.05) is 5.38 Å². The number of nitrogens with zero attached hydrogens (tertiary/aromatic N) is 1. The van der Waals surface area contributed by atoms with E-state index in [0.717, 1.165) is 30.5 Å². The van der Waals surface area contributed by atoms with Crippen LogP contribution in [0, 0.1) is 19.8 Å². The third-order valence-electron chi connectivity index (χ3n) is 4.57. The standard InChI is InChI=1S/C18H23N3OS.ClH/c1-11-6-7-14(12(2)8-11)16-10-23-18(20-16)21-17(22)9-13-4-3-5-15(13)19;/h6-8,10,13,15H,3-5,9,19H2,1-2H3,(H,20,21,22);1H/t13-,15+;/m0./s1. The Balaban J connectivity index is 0.00000208. The number of benzene rings is 1. The van der Waals surface area contributed by atoms with Crippen LogP contribution in [0.1, 0.15) is 36.8 Å². The smallest absolute Gasteiger partial charge is 0.226 e. The first-order valence-electron chi connectivity index (χ1n) is 8.11. The Kier molecular flexibility index (Phi) is 6.38. The van der Waals surface area contributed by atoms with Crippen molar-refractivity contribution in [3.05, 3.63) is 34.7 Å². The number of aryl methyl sites for hydroxylation is 2. The fraction of sp³-hybridized carbons (Fsp3) is 0.444. The Labute approximate surface area is 153 Å². The van der Waals surface area contributed by atoms with Crippen LogP contribution in [-0.2, 0) is 4.79 Å². The summed E-state index contributed by atoms with van der Waals surface area (Å²) < 4.78 is 0. The second-order valence-corrected chi connectivity index (χ2v) is 7.32. The minimum Gasteiger partial charge on any atom is -0.327 e. The van der Waals surface area contributed by atoms with E-state index in [9.17, 15) is 4.79 Å². The Morgan fingerprint density at radius 2 is 2.17 bits per heavy atom. The van der Waals surface area contributed by atoms with Gasteiger partial charge in [0.05, 0.1) is 5.69 Å². The molecule has 1 fully saturated rings. The van der Waals surface area contributed by atoms with Crippen molar-refractivity contribution in [1.29, 1.82) is 0 Å². The van der Waals surface area contributed by atoms with Crippen LogP contribution < -0.4 is 11.1 Å². The fourth-order valence-electron chi connectivity index (χ4n) is 3.28. The molecule has 2 aromatic rings. The van der Waals surface area contributed by atoms with E-state index in [2.05, 4.69) is 42.3 Å². The van der Waals surface area contributed by atoms with Crippen LogP contribution in [0.5, 0.6) is 0 Å². The molecule has 130 valence electrons. The number of thiazole rings is 1. The molecule has 0 aliphatic heterocycles. The van der Waals surface area contributed by atoms with Crippen LogP contribution in [0.15, 0.2) is 23.6 Å². The number of hydrogen-bond donors (Lipinski definition) is 2. The zero-order valence-electron chi connectivity index (χ0n) is 14.0. The lowest BCUT2D eigenvalue weighted by atomic mass is 10.00. The van der Waals surface area contributed by atoms with Crippen LogP contribution in [0.25, 0.3) is 11.3 Å². The summed E-state index contributed by atoms with van der Waals surface area (Å²) in [7, 11) is 0. The Bertz CT molecular complexity index is 716. The maximum atomic E-state index is 12.2. The number of aromatic nitrogens is 1. The van der Waals surface area contributed by atoms with Gasteiger partial charge < -0.3 is 11.1 Å². The topological polar surface area (TPSA) is 68.0 Å². The number of carbonyl (C=O) groups excluding carboxylic acids is 1. The summed E-state index contributed by atoms with van der Waals surface area (Å²) in [5.74, 6) is 0.336. The fourth-order valence-corrected chi connectivity index (χ4v) is 4.01. The molecule has 6 heteroatoms. The highest BCUT2D eigenvalue weighted by molar-refractivity contribution is 7.14. The van der Waals surface area contributed by atoms with E-state index < -0.39 is 0 Å². The first kappa shape index (κ1) is 18.9. The maximum absolute atomic E-state index is 12.2. The van der Waals surface area contributed by atoms with Gasteiger partial charge >= 0.3 is 0 Å². The van der Waals surface area contributed by atoms with Gasteiger partial charge in [0.1, 0.15) is 0 Å². The van der Waals surface area contributed by atoms with Gasteiger partial charge in [0.15, 0.2) is 5.13 Å². The first-order valence-corrected chi connectivity index (χ1v) is 8.99. The van der Waals surface area contributed by atoms with Gasteiger partial charge in [-0.25, -0.2) is 4.98 Å². The molecule has 0 bridgehead atoms. The molecule has 1 saturated carbocycles. The predicted octanol–water partition coefficient (Wildman–Crippen LogP) is 4.30. The molecule has 0 spiro atoms. The predicted molar refractivity (Wildman–Crippen MR) is 103 cm³/mol. The zero-order chi connectivity index (χ0) is 16.4. The second kappa shape index (κ2) is 8.10. The number of nitrogens with two attached hydrogens (primary N) is 1. The van der Waals surface area contributed by atoms with Crippen LogP contribution in [0.2, 0.25) is 0 Å². The minimum atomic E-state index is 0. The van der Waals surface area contributed by atoms with Gasteiger partial charge in [0.25, 0.3) is 0 Å². The van der Waals surface area contributed by atoms with Crippen molar-refractivity contribution in [2.75, 3.05) is 5.32 Å². The van der Waals surface area contributed by atoms with Crippen molar-refractivity contribution in [2.24, 2.45) is 11.7 Å². The average Bonchev–Trinajstić information content (AvgIpc) is 3.09. The SMILES string of the molecule is Cc1ccc(-c2csc(NC(=O)C[C@@H]3CCC[C@H]3N)n2)c(C)c1.Cl. The van der Waals surface area contributed by atoms with E-state index in [0.29, 0.717) is 17.5 Å². The Hall–Kier alpha value is -1.43. The van der Waals surface area contributed by atoms with Crippen LogP contribution in [0.4, 0.5) is 5.13 Å². The van der Waals surface area contributed by atoms with E-state index >= 15 is 0 Å². The van der Waals surface area contributed by atoms with Crippen molar-refractivity contribution >= 4 is 34.8 Å². The molecule has 1 aliphatic carbocycles. The van der Waals surface area contributed by atoms with Gasteiger partial charge in [0.2, 0.25) is 5.91 Å². The van der Waals surface area contributed by atoms with Gasteiger partial charge in [-0.3, -0.25) is 4.79 Å². The molecule has 0 radical (unpaired) electrons. The summed E-state index contributed by atoms with van der Waals surface area (Å²) >= 11 is 1.47. The first-order chi connectivity index (χ1) is 11.0. The summed E-state index contributed by atoms with van der Waals surface area (Å²) in [6, 6.07) is 6.49. The minimum absolute atomic E-state index is 0. The van der Waals surface area contributed by atoms with E-state index in [1.54, 1.807) is 0 Å². The van der Waals surface area contributed by atoms with E-state index in [1.165, 1.54) is 22.5 Å². The lowest BCUT2D eigenvalue weighted by Crippen LogP contribution is -2.28. The molecule has 24 heavy (non-hydrogen) atoms. The molecule has 1 aromatic heterocycles. The monoisotopic (exact) mass is 365 g/mol. The number of amides is 1. The largest absolute Gasteiger partial charge is 0.327 e. The second-order valence-electron chi connectivity index (χ2n) is 6.46. The quantitative estimate of drug-likeness (QED) is 0.848. The highest BCUT2D eigenvalue weighted by Crippen LogP contribution is 2.30. The van der Waals surface area contributed by atoms with Crippen LogP contribution >= 0.6 is 23.7 Å². The molecule has 1 heterocycles. The number of halogens is 1. The molecule has 1 aromatic carbocycles. The van der Waals surface area contributed by atoms with Crippen LogP contribution in [0.3, 0.4) is 0 Å². The molecule has 4 nitrogen and oxygen atoms in total. The molecule has 3 rings (SSSR count). The van der Waals surface area contributed by atoms with Gasteiger partial charge in [0, 0.05) is 23.4 Å². The lowest BCUT2D eigenvalue weighted by Gasteiger charge is -2.13. The van der Waals surface area contributed by atoms with Crippen molar-refractivity contribution in [3.8, 4) is 11.3 Å². The van der Waals surface area contributed by atoms with Crippen molar-refractivity contribution < 1.29 is 4.79 Å². The summed E-state index contributed by atoms with van der Waals surface area (Å²) in [6.07, 6.45) is 3.72. The summed E-state index contributed by atoms with van der Waals surface area (Å²) in [4.78, 5) is 16.7. The molecule has 0 saturated heterocycles. The number of nitrogens with one attached hydrogen (secondary N) is 1. The Morgan fingerprint density at radius 1 is 1.38 bits per heavy atom. The number of hydrogen-bond acceptors (Lipinski definition) is 4. The third-order valence-corrected chi connectivity index (χ3v) is 5.33. The lowest BCUT2D eigenvalue weighted by molar-refractivity contribution is -0.117. The van der Waals surface area contributed by atoms with Gasteiger partial charge in [-0.05, 0) is 38.2 Å². The molecule has 1 amide bonds. The van der Waals surface area contributed by atoms with Gasteiger partial charge in [-0.15, -0.1) is 23.7 Å². The normalized spacial score (nSPS) is 19.8. The van der Waals surface area contributed by atoms with Crippen LogP contribution in [-0.4, -0.2) is 16.9 Å². The Morgan fingerprint density at radius 3 is 2.83 bits per heavy atom. The number of carbonyl (C=O) groups is 1. The molecular weight excluding hydrogens is 342 g/mol. The summed E-state index contributed by atoms with van der Waals surface area (Å²) in [5.41, 5.74) is 10.5. The third kappa shape index (κ3) is 4.35. The molecule has 1 aliphatic rings. The number of anilines is 1. The van der Waals surface area contributed by atoms with Gasteiger partial charge in [-0.2, -0.15) is 0 Å². The highest BCUT2D eigenvalue weighted by Gasteiger charge is 2.26. The van der Waals surface area contributed by atoms with E-state index in [-0.39, 0.29) is 24.4 Å².